The molecule has 1 fully saturated rings. The van der Waals surface area contributed by atoms with E-state index in [1.807, 2.05) is 26.8 Å². The number of rotatable bonds is 5. The molecular weight excluding hydrogens is 384 g/mol. The molecule has 8 nitrogen and oxygen atoms in total. The Balaban J connectivity index is 1.69. The molecule has 0 bridgehead atoms. The molecule has 0 radical (unpaired) electrons. The van der Waals surface area contributed by atoms with E-state index >= 15 is 0 Å². The number of fused-ring (bicyclic) bond motifs is 1. The summed E-state index contributed by atoms with van der Waals surface area (Å²) in [6.07, 6.45) is 5.94. The van der Waals surface area contributed by atoms with Crippen molar-refractivity contribution in [3.63, 3.8) is 0 Å². The molecule has 2 heterocycles. The van der Waals surface area contributed by atoms with Crippen LogP contribution in [0.25, 0.3) is 11.0 Å². The molecule has 0 spiro atoms. The van der Waals surface area contributed by atoms with Gasteiger partial charge in [0.2, 0.25) is 5.88 Å². The van der Waals surface area contributed by atoms with Crippen LogP contribution < -0.4 is 15.4 Å². The third kappa shape index (κ3) is 5.72. The van der Waals surface area contributed by atoms with E-state index in [4.69, 9.17) is 9.47 Å². The summed E-state index contributed by atoms with van der Waals surface area (Å²) in [4.78, 5) is 20.8. The van der Waals surface area contributed by atoms with Gasteiger partial charge in [-0.25, -0.2) is 9.78 Å². The fourth-order valence-corrected chi connectivity index (χ4v) is 3.77. The number of hydrogen-bond acceptors (Lipinski definition) is 7. The minimum atomic E-state index is -0.501. The second-order valence-electron chi connectivity index (χ2n) is 8.73. The first-order valence-corrected chi connectivity index (χ1v) is 10.5. The SMILES string of the molecule is COc1ccc2c(NC3CCCC(NC(=O)OC(C)(C)C)CC3)c(CO)cnc2n1. The van der Waals surface area contributed by atoms with Crippen molar-refractivity contribution in [2.75, 3.05) is 12.4 Å². The van der Waals surface area contributed by atoms with Crippen molar-refractivity contribution in [2.45, 2.75) is 77.2 Å². The number of anilines is 1. The number of alkyl carbamates (subject to hydrolysis) is 1. The van der Waals surface area contributed by atoms with Gasteiger partial charge in [-0.2, -0.15) is 4.98 Å². The van der Waals surface area contributed by atoms with Crippen LogP contribution in [-0.2, 0) is 11.3 Å². The molecule has 30 heavy (non-hydrogen) atoms. The van der Waals surface area contributed by atoms with Crippen LogP contribution in [-0.4, -0.2) is 46.0 Å². The van der Waals surface area contributed by atoms with Crippen molar-refractivity contribution in [1.82, 2.24) is 15.3 Å². The van der Waals surface area contributed by atoms with Crippen molar-refractivity contribution >= 4 is 22.8 Å². The maximum atomic E-state index is 12.1. The van der Waals surface area contributed by atoms with Gasteiger partial charge in [-0.05, 0) is 58.9 Å². The van der Waals surface area contributed by atoms with Gasteiger partial charge in [0.05, 0.1) is 19.4 Å². The maximum Gasteiger partial charge on any atom is 0.407 e. The van der Waals surface area contributed by atoms with Gasteiger partial charge >= 0.3 is 6.09 Å². The molecular formula is C22H32N4O4. The molecule has 8 heteroatoms. The number of aliphatic hydroxyl groups is 1. The maximum absolute atomic E-state index is 12.1. The van der Waals surface area contributed by atoms with E-state index in [1.54, 1.807) is 19.4 Å². The number of aliphatic hydroxyl groups excluding tert-OH is 1. The van der Waals surface area contributed by atoms with Crippen LogP contribution in [0.5, 0.6) is 5.88 Å². The van der Waals surface area contributed by atoms with Gasteiger partial charge in [-0.15, -0.1) is 0 Å². The number of nitrogens with zero attached hydrogens (tertiary/aromatic N) is 2. The fourth-order valence-electron chi connectivity index (χ4n) is 3.77. The van der Waals surface area contributed by atoms with Gasteiger partial charge in [0.15, 0.2) is 5.65 Å². The zero-order chi connectivity index (χ0) is 21.7. The zero-order valence-corrected chi connectivity index (χ0v) is 18.2. The first-order valence-electron chi connectivity index (χ1n) is 10.5. The molecule has 1 amide bonds. The van der Waals surface area contributed by atoms with E-state index in [9.17, 15) is 9.90 Å². The van der Waals surface area contributed by atoms with E-state index < -0.39 is 5.60 Å². The number of hydrogen-bond donors (Lipinski definition) is 3. The summed E-state index contributed by atoms with van der Waals surface area (Å²) < 4.78 is 10.6. The van der Waals surface area contributed by atoms with Crippen LogP contribution in [0.15, 0.2) is 18.3 Å². The quantitative estimate of drug-likeness (QED) is 0.637. The number of carbonyl (C=O) groups excluding carboxylic acids is 1. The summed E-state index contributed by atoms with van der Waals surface area (Å²) in [5.41, 5.74) is 1.68. The topological polar surface area (TPSA) is 106 Å². The number of nitrogens with one attached hydrogen (secondary N) is 2. The molecule has 2 unspecified atom stereocenters. The smallest absolute Gasteiger partial charge is 0.407 e. The van der Waals surface area contributed by atoms with Crippen LogP contribution in [0.2, 0.25) is 0 Å². The second-order valence-corrected chi connectivity index (χ2v) is 8.73. The monoisotopic (exact) mass is 416 g/mol. The summed E-state index contributed by atoms with van der Waals surface area (Å²) in [6.45, 7) is 5.48. The standard InChI is InChI=1S/C22H32N4O4/c1-22(2,3)30-21(28)25-16-7-5-6-15(8-9-16)24-19-14(13-27)12-23-20-17(19)10-11-18(26-20)29-4/h10-12,15-16,27H,5-9,13H2,1-4H3,(H,25,28)(H,23,24,26). The number of aromatic nitrogens is 2. The summed E-state index contributed by atoms with van der Waals surface area (Å²) in [7, 11) is 1.57. The molecule has 3 N–H and O–H groups in total. The van der Waals surface area contributed by atoms with Crippen molar-refractivity contribution in [3.8, 4) is 5.88 Å². The lowest BCUT2D eigenvalue weighted by atomic mass is 10.1. The van der Waals surface area contributed by atoms with Crippen molar-refractivity contribution < 1.29 is 19.4 Å². The van der Waals surface area contributed by atoms with E-state index in [0.29, 0.717) is 11.5 Å². The van der Waals surface area contributed by atoms with Crippen molar-refractivity contribution in [2.24, 2.45) is 0 Å². The molecule has 2 aromatic rings. The number of carbonyl (C=O) groups is 1. The molecule has 1 aliphatic rings. The highest BCUT2D eigenvalue weighted by molar-refractivity contribution is 5.91. The Labute approximate surface area is 177 Å². The van der Waals surface area contributed by atoms with Crippen LogP contribution in [0, 0.1) is 0 Å². The van der Waals surface area contributed by atoms with Crippen LogP contribution in [0.4, 0.5) is 10.5 Å². The number of methoxy groups -OCH3 is 1. The largest absolute Gasteiger partial charge is 0.481 e. The highest BCUT2D eigenvalue weighted by Crippen LogP contribution is 2.30. The van der Waals surface area contributed by atoms with Crippen molar-refractivity contribution in [3.05, 3.63) is 23.9 Å². The molecule has 2 aromatic heterocycles. The highest BCUT2D eigenvalue weighted by Gasteiger charge is 2.24. The van der Waals surface area contributed by atoms with Crippen LogP contribution in [0.1, 0.15) is 58.4 Å². The Morgan fingerprint density at radius 3 is 2.63 bits per heavy atom. The van der Waals surface area contributed by atoms with E-state index in [-0.39, 0.29) is 24.8 Å². The molecule has 0 saturated heterocycles. The Bertz CT molecular complexity index is 881. The lowest BCUT2D eigenvalue weighted by Crippen LogP contribution is -2.39. The highest BCUT2D eigenvalue weighted by atomic mass is 16.6. The fraction of sp³-hybridized carbons (Fsp3) is 0.591. The molecule has 1 saturated carbocycles. The molecule has 0 aromatic carbocycles. The van der Waals surface area contributed by atoms with Gasteiger partial charge < -0.3 is 25.2 Å². The molecule has 0 aliphatic heterocycles. The number of amides is 1. The Kier molecular flexibility index (Phi) is 6.97. The minimum Gasteiger partial charge on any atom is -0.481 e. The van der Waals surface area contributed by atoms with Crippen LogP contribution >= 0.6 is 0 Å². The first kappa shape index (κ1) is 22.1. The molecule has 164 valence electrons. The van der Waals surface area contributed by atoms with Gasteiger partial charge in [0.1, 0.15) is 5.60 Å². The lowest BCUT2D eigenvalue weighted by molar-refractivity contribution is 0.0499. The normalized spacial score (nSPS) is 19.8. The summed E-state index contributed by atoms with van der Waals surface area (Å²) >= 11 is 0. The predicted octanol–water partition coefficient (Wildman–Crippen LogP) is 3.77. The Hall–Kier alpha value is -2.61. The van der Waals surface area contributed by atoms with E-state index in [0.717, 1.165) is 48.7 Å². The lowest BCUT2D eigenvalue weighted by Gasteiger charge is -2.23. The first-order chi connectivity index (χ1) is 14.3. The summed E-state index contributed by atoms with van der Waals surface area (Å²) in [6, 6.07) is 4.04. The van der Waals surface area contributed by atoms with E-state index in [2.05, 4.69) is 20.6 Å². The average Bonchev–Trinajstić information content (AvgIpc) is 2.91. The van der Waals surface area contributed by atoms with Gasteiger partial charge in [0, 0.05) is 35.3 Å². The number of ether oxygens (including phenoxy) is 2. The summed E-state index contributed by atoms with van der Waals surface area (Å²) in [5.74, 6) is 0.503. The molecule has 3 rings (SSSR count). The third-order valence-corrected chi connectivity index (χ3v) is 5.20. The van der Waals surface area contributed by atoms with Gasteiger partial charge in [-0.3, -0.25) is 0 Å². The average molecular weight is 417 g/mol. The third-order valence-electron chi connectivity index (χ3n) is 5.20. The molecule has 2 atom stereocenters. The van der Waals surface area contributed by atoms with Crippen molar-refractivity contribution in [1.29, 1.82) is 0 Å². The molecule has 1 aliphatic carbocycles. The van der Waals surface area contributed by atoms with Crippen LogP contribution in [0.3, 0.4) is 0 Å². The Morgan fingerprint density at radius 1 is 1.20 bits per heavy atom. The number of pyridine rings is 2. The Morgan fingerprint density at radius 2 is 1.93 bits per heavy atom. The second kappa shape index (κ2) is 9.47. The zero-order valence-electron chi connectivity index (χ0n) is 18.2. The summed E-state index contributed by atoms with van der Waals surface area (Å²) in [5, 5.41) is 17.3. The minimum absolute atomic E-state index is 0.101. The van der Waals surface area contributed by atoms with E-state index in [1.165, 1.54) is 0 Å². The van der Waals surface area contributed by atoms with Gasteiger partial charge in [-0.1, -0.05) is 0 Å². The predicted molar refractivity (Wildman–Crippen MR) is 116 cm³/mol. The van der Waals surface area contributed by atoms with Gasteiger partial charge in [0.25, 0.3) is 0 Å².